The molecule has 1 saturated heterocycles. The van der Waals surface area contributed by atoms with Crippen molar-refractivity contribution in [2.24, 2.45) is 0 Å². The quantitative estimate of drug-likeness (QED) is 0.771. The summed E-state index contributed by atoms with van der Waals surface area (Å²) in [7, 11) is 0. The maximum atomic E-state index is 4.02. The molecule has 0 bridgehead atoms. The maximum absolute atomic E-state index is 4.02. The fraction of sp³-hybridized carbons (Fsp3) is 0.615. The van der Waals surface area contributed by atoms with Crippen molar-refractivity contribution in [3.63, 3.8) is 0 Å². The molecule has 0 amide bonds. The van der Waals surface area contributed by atoms with Crippen LogP contribution >= 0.6 is 11.8 Å². The molecule has 2 rings (SSSR count). The van der Waals surface area contributed by atoms with Crippen molar-refractivity contribution in [1.82, 2.24) is 15.2 Å². The zero-order valence-corrected chi connectivity index (χ0v) is 11.1. The van der Waals surface area contributed by atoms with Gasteiger partial charge in [-0.25, -0.2) is 0 Å². The number of nitrogens with one attached hydrogen (secondary N) is 1. The van der Waals surface area contributed by atoms with E-state index < -0.39 is 0 Å². The predicted octanol–water partition coefficient (Wildman–Crippen LogP) is 1.26. The molecule has 4 heteroatoms. The summed E-state index contributed by atoms with van der Waals surface area (Å²) >= 11 is 2.07. The van der Waals surface area contributed by atoms with E-state index in [4.69, 9.17) is 0 Å². The molecule has 1 aliphatic heterocycles. The van der Waals surface area contributed by atoms with Crippen molar-refractivity contribution in [3.05, 3.63) is 30.1 Å². The van der Waals surface area contributed by atoms with Crippen molar-refractivity contribution in [3.8, 4) is 0 Å². The van der Waals surface area contributed by atoms with Crippen LogP contribution in [0.2, 0.25) is 0 Å². The van der Waals surface area contributed by atoms with Crippen molar-refractivity contribution in [2.75, 3.05) is 44.2 Å². The molecule has 0 radical (unpaired) electrons. The highest BCUT2D eigenvalue weighted by Gasteiger charge is 2.08. The Hall–Kier alpha value is -0.580. The van der Waals surface area contributed by atoms with Crippen LogP contribution in [-0.4, -0.2) is 54.1 Å². The van der Waals surface area contributed by atoms with Gasteiger partial charge in [0.05, 0.1) is 0 Å². The van der Waals surface area contributed by atoms with Gasteiger partial charge in [-0.1, -0.05) is 0 Å². The van der Waals surface area contributed by atoms with E-state index in [0.717, 1.165) is 19.5 Å². The Morgan fingerprint density at radius 1 is 1.18 bits per heavy atom. The van der Waals surface area contributed by atoms with E-state index in [9.17, 15) is 0 Å². The number of thioether (sulfide) groups is 1. The number of aromatic nitrogens is 1. The third kappa shape index (κ3) is 5.06. The molecule has 0 atom stereocenters. The first-order chi connectivity index (χ1) is 8.45. The molecule has 1 aromatic heterocycles. The second kappa shape index (κ2) is 7.69. The lowest BCUT2D eigenvalue weighted by Gasteiger charge is -2.26. The Balaban J connectivity index is 1.51. The fourth-order valence-electron chi connectivity index (χ4n) is 1.97. The van der Waals surface area contributed by atoms with Crippen LogP contribution in [0.1, 0.15) is 5.56 Å². The standard InChI is InChI=1S/C13H21N3S/c1-4-14-5-2-13(1)3-6-15-7-8-16-9-11-17-12-10-16/h1-2,4-5,15H,3,6-12H2. The van der Waals surface area contributed by atoms with Gasteiger partial charge in [0, 0.05) is 50.1 Å². The molecule has 1 aliphatic rings. The molecule has 0 unspecified atom stereocenters. The van der Waals surface area contributed by atoms with Crippen LogP contribution in [0.4, 0.5) is 0 Å². The molecule has 94 valence electrons. The minimum absolute atomic E-state index is 1.06. The average Bonchev–Trinajstić information content (AvgIpc) is 2.41. The van der Waals surface area contributed by atoms with Gasteiger partial charge in [-0.15, -0.1) is 0 Å². The Labute approximate surface area is 108 Å². The number of nitrogens with zero attached hydrogens (tertiary/aromatic N) is 2. The van der Waals surface area contributed by atoms with Crippen LogP contribution < -0.4 is 5.32 Å². The lowest BCUT2D eigenvalue weighted by Crippen LogP contribution is -2.38. The SMILES string of the molecule is c1cc(CCNCCN2CCSCC2)ccn1. The second-order valence-corrected chi connectivity index (χ2v) is 5.53. The van der Waals surface area contributed by atoms with E-state index in [0.29, 0.717) is 0 Å². The van der Waals surface area contributed by atoms with Crippen LogP contribution in [0, 0.1) is 0 Å². The minimum Gasteiger partial charge on any atom is -0.315 e. The van der Waals surface area contributed by atoms with E-state index in [1.807, 2.05) is 12.4 Å². The number of hydrogen-bond acceptors (Lipinski definition) is 4. The molecule has 3 nitrogen and oxygen atoms in total. The first-order valence-electron chi connectivity index (χ1n) is 6.35. The molecule has 2 heterocycles. The van der Waals surface area contributed by atoms with E-state index in [-0.39, 0.29) is 0 Å². The van der Waals surface area contributed by atoms with Crippen LogP contribution in [-0.2, 0) is 6.42 Å². The molecule has 0 aliphatic carbocycles. The topological polar surface area (TPSA) is 28.2 Å². The Morgan fingerprint density at radius 3 is 2.71 bits per heavy atom. The summed E-state index contributed by atoms with van der Waals surface area (Å²) < 4.78 is 0. The first-order valence-corrected chi connectivity index (χ1v) is 7.50. The molecule has 17 heavy (non-hydrogen) atoms. The average molecular weight is 251 g/mol. The summed E-state index contributed by atoms with van der Waals surface area (Å²) in [6, 6.07) is 4.17. The summed E-state index contributed by atoms with van der Waals surface area (Å²) in [4.78, 5) is 6.57. The van der Waals surface area contributed by atoms with Gasteiger partial charge in [-0.3, -0.25) is 4.98 Å². The highest BCUT2D eigenvalue weighted by molar-refractivity contribution is 7.99. The molecule has 0 saturated carbocycles. The largest absolute Gasteiger partial charge is 0.315 e. The van der Waals surface area contributed by atoms with Gasteiger partial charge in [0.2, 0.25) is 0 Å². The molecule has 1 N–H and O–H groups in total. The zero-order chi connectivity index (χ0) is 11.8. The second-order valence-electron chi connectivity index (χ2n) is 4.31. The van der Waals surface area contributed by atoms with Crippen molar-refractivity contribution < 1.29 is 0 Å². The van der Waals surface area contributed by atoms with E-state index in [2.05, 4.69) is 39.1 Å². The monoisotopic (exact) mass is 251 g/mol. The summed E-state index contributed by atoms with van der Waals surface area (Å²) in [5.74, 6) is 2.61. The van der Waals surface area contributed by atoms with E-state index >= 15 is 0 Å². The summed E-state index contributed by atoms with van der Waals surface area (Å²) in [5.41, 5.74) is 1.36. The van der Waals surface area contributed by atoms with Crippen molar-refractivity contribution in [2.45, 2.75) is 6.42 Å². The van der Waals surface area contributed by atoms with Gasteiger partial charge in [-0.05, 0) is 30.7 Å². The van der Waals surface area contributed by atoms with Gasteiger partial charge in [0.15, 0.2) is 0 Å². The van der Waals surface area contributed by atoms with Crippen molar-refractivity contribution in [1.29, 1.82) is 0 Å². The number of pyridine rings is 1. The van der Waals surface area contributed by atoms with Crippen LogP contribution in [0.15, 0.2) is 24.5 Å². The fourth-order valence-corrected chi connectivity index (χ4v) is 2.95. The normalized spacial score (nSPS) is 17.2. The number of hydrogen-bond donors (Lipinski definition) is 1. The number of rotatable bonds is 6. The van der Waals surface area contributed by atoms with Gasteiger partial charge in [-0.2, -0.15) is 11.8 Å². The summed E-state index contributed by atoms with van der Waals surface area (Å²) in [6.45, 7) is 5.88. The third-order valence-electron chi connectivity index (χ3n) is 3.05. The van der Waals surface area contributed by atoms with E-state index in [1.54, 1.807) is 0 Å². The first kappa shape index (κ1) is 12.9. The molecule has 1 aromatic rings. The highest BCUT2D eigenvalue weighted by atomic mass is 32.2. The smallest absolute Gasteiger partial charge is 0.0270 e. The Morgan fingerprint density at radius 2 is 1.94 bits per heavy atom. The zero-order valence-electron chi connectivity index (χ0n) is 10.3. The summed E-state index contributed by atoms with van der Waals surface area (Å²) in [5, 5.41) is 3.51. The van der Waals surface area contributed by atoms with Gasteiger partial charge < -0.3 is 10.2 Å². The molecular weight excluding hydrogens is 230 g/mol. The van der Waals surface area contributed by atoms with Crippen LogP contribution in [0.3, 0.4) is 0 Å². The molecule has 1 fully saturated rings. The Kier molecular flexibility index (Phi) is 5.82. The summed E-state index contributed by atoms with van der Waals surface area (Å²) in [6.07, 6.45) is 4.82. The van der Waals surface area contributed by atoms with Gasteiger partial charge in [0.1, 0.15) is 0 Å². The van der Waals surface area contributed by atoms with Crippen LogP contribution in [0.25, 0.3) is 0 Å². The molecule has 0 aromatic carbocycles. The highest BCUT2D eigenvalue weighted by Crippen LogP contribution is 2.07. The van der Waals surface area contributed by atoms with E-state index in [1.165, 1.54) is 36.7 Å². The molecular formula is C13H21N3S. The predicted molar refractivity (Wildman–Crippen MR) is 74.6 cm³/mol. The van der Waals surface area contributed by atoms with Crippen molar-refractivity contribution >= 4 is 11.8 Å². The third-order valence-corrected chi connectivity index (χ3v) is 3.99. The molecule has 0 spiro atoms. The van der Waals surface area contributed by atoms with Gasteiger partial charge >= 0.3 is 0 Å². The minimum atomic E-state index is 1.06. The maximum Gasteiger partial charge on any atom is 0.0270 e. The van der Waals surface area contributed by atoms with Gasteiger partial charge in [0.25, 0.3) is 0 Å². The lowest BCUT2D eigenvalue weighted by atomic mass is 10.2. The Bertz CT molecular complexity index is 299. The van der Waals surface area contributed by atoms with Crippen LogP contribution in [0.5, 0.6) is 0 Å². The lowest BCUT2D eigenvalue weighted by molar-refractivity contribution is 0.301.